The zero-order chi connectivity index (χ0) is 52.4. The van der Waals surface area contributed by atoms with Crippen LogP contribution >= 0.6 is 0 Å². The number of nitro groups is 4. The van der Waals surface area contributed by atoms with Crippen LogP contribution in [0.2, 0.25) is 0 Å². The standard InChI is InChI=1S/C32H20N6O6.C13H10N2O.C6H2F2N2O4/c39-31-33(21-11-3-1-4-12-21)23-15-7-9-17-25(23)35(31)27-19-28(30(38(43)44)20-29(27)37(41)42)36-26-18-10-8-16-24(26)34(32(36)40)22-13-5-2-6-14-22;16-13-14-11-8-4-5-9-12(11)15(13)10-6-2-1-3-7-10;7-3-1-4(8)6(10(13)14)2-5(3)9(11)12/h1-20H;1-9H,(H,14,16);1-2H. The lowest BCUT2D eigenvalue weighted by Crippen LogP contribution is -2.25. The maximum absolute atomic E-state index is 14.1. The van der Waals surface area contributed by atoms with Gasteiger partial charge in [-0.2, -0.15) is 8.78 Å². The molecule has 23 heteroatoms. The Hall–Kier alpha value is -11.0. The van der Waals surface area contributed by atoms with Crippen molar-refractivity contribution < 1.29 is 28.5 Å². The van der Waals surface area contributed by atoms with Crippen LogP contribution in [-0.4, -0.2) is 47.5 Å². The fraction of sp³-hybridized carbons (Fsp3) is 0. The lowest BCUT2D eigenvalue weighted by molar-refractivity contribution is -0.397. The van der Waals surface area contributed by atoms with E-state index in [1.165, 1.54) is 15.2 Å². The maximum atomic E-state index is 14.1. The average Bonchev–Trinajstić information content (AvgIpc) is 4.01. The molecule has 3 heterocycles. The predicted octanol–water partition coefficient (Wildman–Crippen LogP) is 9.79. The fourth-order valence-corrected chi connectivity index (χ4v) is 8.32. The molecule has 21 nitrogen and oxygen atoms in total. The van der Waals surface area contributed by atoms with Crippen molar-refractivity contribution in [2.75, 3.05) is 0 Å². The SMILES string of the molecule is O=[N+]([O-])c1cc([N+](=O)[O-])c(F)cc1F.O=c1[nH]c2ccccc2n1-c1ccccc1.O=c1n(-c2ccccc2)c2ccccc2n1-c1cc(-n2c(=O)n(-c3ccccc3)c3ccccc32)c([N+](=O)[O-])cc1[N+](=O)[O-]. The molecule has 0 saturated heterocycles. The molecule has 0 aliphatic carbocycles. The lowest BCUT2D eigenvalue weighted by Gasteiger charge is -2.10. The van der Waals surface area contributed by atoms with E-state index in [0.29, 0.717) is 33.4 Å². The van der Waals surface area contributed by atoms with Gasteiger partial charge >= 0.3 is 28.4 Å². The third-order valence-electron chi connectivity index (χ3n) is 11.5. The van der Waals surface area contributed by atoms with E-state index >= 15 is 0 Å². The van der Waals surface area contributed by atoms with E-state index in [2.05, 4.69) is 4.98 Å². The molecule has 1 N–H and O–H groups in total. The molecule has 3 aromatic heterocycles. The summed E-state index contributed by atoms with van der Waals surface area (Å²) in [5.74, 6) is -2.89. The number of aromatic amines is 1. The zero-order valence-electron chi connectivity index (χ0n) is 37.7. The second kappa shape index (κ2) is 19.8. The predicted molar refractivity (Wildman–Crippen MR) is 268 cm³/mol. The number of imidazole rings is 3. The van der Waals surface area contributed by atoms with Gasteiger partial charge in [0.15, 0.2) is 0 Å². The van der Waals surface area contributed by atoms with Gasteiger partial charge < -0.3 is 4.98 Å². The summed E-state index contributed by atoms with van der Waals surface area (Å²) >= 11 is 0. The zero-order valence-corrected chi connectivity index (χ0v) is 37.7. The number of nitrogens with zero attached hydrogens (tertiary/aromatic N) is 9. The molecule has 11 aromatic rings. The first-order valence-electron chi connectivity index (χ1n) is 21.7. The van der Waals surface area contributed by atoms with E-state index in [4.69, 9.17) is 0 Å². The van der Waals surface area contributed by atoms with Gasteiger partial charge in [0.05, 0.1) is 75.9 Å². The Kier molecular flexibility index (Phi) is 12.9. The topological polar surface area (TPSA) is 264 Å². The number of aromatic nitrogens is 6. The normalized spacial score (nSPS) is 10.9. The van der Waals surface area contributed by atoms with Gasteiger partial charge in [-0.1, -0.05) is 91.0 Å². The van der Waals surface area contributed by atoms with Gasteiger partial charge in [-0.3, -0.25) is 63.3 Å². The second-order valence-corrected chi connectivity index (χ2v) is 15.8. The molecule has 0 spiro atoms. The number of hydrogen-bond acceptors (Lipinski definition) is 11. The van der Waals surface area contributed by atoms with Crippen molar-refractivity contribution in [2.24, 2.45) is 0 Å². The maximum Gasteiger partial charge on any atom is 0.338 e. The minimum Gasteiger partial charge on any atom is -0.305 e. The first-order chi connectivity index (χ1) is 35.7. The fourth-order valence-electron chi connectivity index (χ4n) is 8.32. The Morgan fingerprint density at radius 3 is 1.04 bits per heavy atom. The van der Waals surface area contributed by atoms with Crippen LogP contribution in [0.1, 0.15) is 0 Å². The van der Waals surface area contributed by atoms with Crippen molar-refractivity contribution >= 4 is 55.8 Å². The van der Waals surface area contributed by atoms with Gasteiger partial charge in [0.25, 0.3) is 11.4 Å². The van der Waals surface area contributed by atoms with Crippen LogP contribution in [0.4, 0.5) is 31.5 Å². The molecule has 0 atom stereocenters. The van der Waals surface area contributed by atoms with Crippen LogP contribution in [0.5, 0.6) is 0 Å². The summed E-state index contributed by atoms with van der Waals surface area (Å²) in [6, 6.07) is 50.6. The summed E-state index contributed by atoms with van der Waals surface area (Å²) in [4.78, 5) is 84.0. The highest BCUT2D eigenvalue weighted by atomic mass is 19.1. The number of rotatable bonds is 9. The van der Waals surface area contributed by atoms with Gasteiger partial charge in [0.2, 0.25) is 11.6 Å². The molecular weight excluding hydrogens is 967 g/mol. The average molecular weight is 999 g/mol. The van der Waals surface area contributed by atoms with Gasteiger partial charge in [-0.25, -0.2) is 14.4 Å². The smallest absolute Gasteiger partial charge is 0.305 e. The Labute approximate surface area is 411 Å². The van der Waals surface area contributed by atoms with Gasteiger partial charge in [-0.15, -0.1) is 0 Å². The Morgan fingerprint density at radius 1 is 0.351 bits per heavy atom. The van der Waals surface area contributed by atoms with Gasteiger partial charge in [0.1, 0.15) is 17.4 Å². The van der Waals surface area contributed by atoms with Crippen LogP contribution in [0, 0.1) is 52.1 Å². The van der Waals surface area contributed by atoms with E-state index in [1.807, 2.05) is 54.6 Å². The molecule has 0 saturated carbocycles. The molecule has 366 valence electrons. The summed E-state index contributed by atoms with van der Waals surface area (Å²) < 4.78 is 32.1. The van der Waals surface area contributed by atoms with Crippen LogP contribution in [0.15, 0.2) is 202 Å². The Bertz CT molecular complexity index is 4010. The largest absolute Gasteiger partial charge is 0.338 e. The highest BCUT2D eigenvalue weighted by Gasteiger charge is 2.32. The number of nitro benzene ring substituents is 4. The van der Waals surface area contributed by atoms with E-state index in [9.17, 15) is 63.6 Å². The number of benzene rings is 8. The number of hydrogen-bond donors (Lipinski definition) is 1. The van der Waals surface area contributed by atoms with E-state index in [0.717, 1.165) is 31.9 Å². The molecule has 74 heavy (non-hydrogen) atoms. The Balaban J connectivity index is 0.000000181. The third-order valence-corrected chi connectivity index (χ3v) is 11.5. The summed E-state index contributed by atoms with van der Waals surface area (Å²) in [6.07, 6.45) is 0. The number of halogens is 2. The number of H-pyrrole nitrogens is 1. The molecule has 0 unspecified atom stereocenters. The van der Waals surface area contributed by atoms with E-state index in [1.54, 1.807) is 114 Å². The molecule has 8 aromatic carbocycles. The summed E-state index contributed by atoms with van der Waals surface area (Å²) in [5, 5.41) is 45.1. The first-order valence-corrected chi connectivity index (χ1v) is 21.7. The minimum atomic E-state index is -1.45. The van der Waals surface area contributed by atoms with Crippen molar-refractivity contribution in [3.63, 3.8) is 0 Å². The molecule has 0 amide bonds. The lowest BCUT2D eigenvalue weighted by atomic mass is 10.2. The van der Waals surface area contributed by atoms with Crippen molar-refractivity contribution in [1.82, 2.24) is 27.8 Å². The molecule has 0 radical (unpaired) electrons. The molecular formula is C51H32F2N10O11. The summed E-state index contributed by atoms with van der Waals surface area (Å²) in [7, 11) is 0. The quantitative estimate of drug-likeness (QED) is 0.105. The molecule has 11 rings (SSSR count). The first kappa shape index (κ1) is 48.1. The summed E-state index contributed by atoms with van der Waals surface area (Å²) in [6.45, 7) is 0. The minimum absolute atomic E-state index is 0.104. The second-order valence-electron chi connectivity index (χ2n) is 15.8. The van der Waals surface area contributed by atoms with E-state index in [-0.39, 0.29) is 29.2 Å². The highest BCUT2D eigenvalue weighted by Crippen LogP contribution is 2.36. The molecule has 0 aliphatic rings. The number of fused-ring (bicyclic) bond motifs is 3. The van der Waals surface area contributed by atoms with Crippen LogP contribution in [-0.2, 0) is 0 Å². The number of para-hydroxylation sites is 9. The van der Waals surface area contributed by atoms with Crippen molar-refractivity contribution in [3.8, 4) is 28.4 Å². The van der Waals surface area contributed by atoms with Gasteiger partial charge in [-0.05, 0) is 72.8 Å². The van der Waals surface area contributed by atoms with Gasteiger partial charge in [0, 0.05) is 12.1 Å². The van der Waals surface area contributed by atoms with E-state index < -0.39 is 65.5 Å². The Morgan fingerprint density at radius 2 is 0.662 bits per heavy atom. The van der Waals surface area contributed by atoms with Crippen molar-refractivity contribution in [2.45, 2.75) is 0 Å². The van der Waals surface area contributed by atoms with Crippen LogP contribution in [0.3, 0.4) is 0 Å². The molecule has 0 fully saturated rings. The van der Waals surface area contributed by atoms with Crippen LogP contribution < -0.4 is 17.1 Å². The summed E-state index contributed by atoms with van der Waals surface area (Å²) in [5.41, 5.74) is -0.0965. The third kappa shape index (κ3) is 8.81. The van der Waals surface area contributed by atoms with Crippen LogP contribution in [0.25, 0.3) is 61.5 Å². The monoisotopic (exact) mass is 998 g/mol. The number of nitrogens with one attached hydrogen (secondary N) is 1. The van der Waals surface area contributed by atoms with Crippen molar-refractivity contribution in [1.29, 1.82) is 0 Å². The highest BCUT2D eigenvalue weighted by molar-refractivity contribution is 5.85. The molecule has 0 bridgehead atoms. The van der Waals surface area contributed by atoms with Crippen molar-refractivity contribution in [3.05, 3.63) is 272 Å². The molecule has 0 aliphatic heterocycles.